The van der Waals surface area contributed by atoms with Gasteiger partial charge in [-0.3, -0.25) is 0 Å². The van der Waals surface area contributed by atoms with E-state index in [0.717, 1.165) is 11.8 Å². The summed E-state index contributed by atoms with van der Waals surface area (Å²) in [6, 6.07) is 22.9. The molecule has 0 radical (unpaired) electrons. The maximum Gasteiger partial charge on any atom is 0.306 e. The predicted octanol–water partition coefficient (Wildman–Crippen LogP) is 5.24. The van der Waals surface area contributed by atoms with E-state index in [-0.39, 0.29) is 11.5 Å². The summed E-state index contributed by atoms with van der Waals surface area (Å²) in [5.74, 6) is 1.34. The van der Waals surface area contributed by atoms with Crippen molar-refractivity contribution in [1.82, 2.24) is 0 Å². The summed E-state index contributed by atoms with van der Waals surface area (Å²) >= 11 is 0. The van der Waals surface area contributed by atoms with Crippen molar-refractivity contribution in [3.05, 3.63) is 84.4 Å². The quantitative estimate of drug-likeness (QED) is 0.227. The molecule has 0 aromatic heterocycles. The van der Waals surface area contributed by atoms with Crippen molar-refractivity contribution in [3.8, 4) is 51.0 Å². The summed E-state index contributed by atoms with van der Waals surface area (Å²) in [6.45, 7) is 0.315. The number of aromatic hydroxyl groups is 1. The Labute approximate surface area is 215 Å². The Hall–Kier alpha value is -4.37. The molecule has 4 aromatic carbocycles. The standard InChI is InChI=1S/C28H27NO7S/c1-33-25-16-22(19-9-12-21(13-10-19)36-37(3,31)32)28(34-2)27(29)26(25)20-11-14-24(23(30)15-20)35-17-18-7-5-4-6-8-18/h4-16,30H,17,29H2,1-3H3. The molecule has 8 nitrogen and oxygen atoms in total. The number of nitrogen functional groups attached to an aromatic ring is 1. The number of ether oxygens (including phenoxy) is 3. The highest BCUT2D eigenvalue weighted by Gasteiger charge is 2.21. The molecule has 0 saturated carbocycles. The summed E-state index contributed by atoms with van der Waals surface area (Å²) in [4.78, 5) is 0. The molecule has 4 rings (SSSR count). The molecule has 0 aliphatic heterocycles. The number of hydrogen-bond donors (Lipinski definition) is 2. The first kappa shape index (κ1) is 25.7. The minimum atomic E-state index is -3.64. The first-order chi connectivity index (χ1) is 17.7. The molecular weight excluding hydrogens is 494 g/mol. The second-order valence-electron chi connectivity index (χ2n) is 8.22. The van der Waals surface area contributed by atoms with E-state index >= 15 is 0 Å². The smallest absolute Gasteiger partial charge is 0.306 e. The molecule has 0 fully saturated rings. The summed E-state index contributed by atoms with van der Waals surface area (Å²) in [6.07, 6.45) is 0.980. The van der Waals surface area contributed by atoms with E-state index in [1.807, 2.05) is 30.3 Å². The fourth-order valence-electron chi connectivity index (χ4n) is 3.95. The van der Waals surface area contributed by atoms with Crippen LogP contribution in [-0.4, -0.2) is 34.0 Å². The first-order valence-corrected chi connectivity index (χ1v) is 13.1. The highest BCUT2D eigenvalue weighted by atomic mass is 32.2. The zero-order valence-electron chi connectivity index (χ0n) is 20.6. The van der Waals surface area contributed by atoms with E-state index in [1.165, 1.54) is 14.2 Å². The summed E-state index contributed by atoms with van der Waals surface area (Å²) in [7, 11) is -0.613. The van der Waals surface area contributed by atoms with Gasteiger partial charge < -0.3 is 29.2 Å². The van der Waals surface area contributed by atoms with Crippen LogP contribution >= 0.6 is 0 Å². The number of anilines is 1. The first-order valence-electron chi connectivity index (χ1n) is 11.2. The van der Waals surface area contributed by atoms with Crippen LogP contribution in [0.1, 0.15) is 5.56 Å². The van der Waals surface area contributed by atoms with Crippen LogP contribution in [0.5, 0.6) is 28.7 Å². The molecule has 0 bridgehead atoms. The predicted molar refractivity (Wildman–Crippen MR) is 143 cm³/mol. The molecule has 0 aliphatic carbocycles. The van der Waals surface area contributed by atoms with Gasteiger partial charge in [-0.2, -0.15) is 8.42 Å². The van der Waals surface area contributed by atoms with Gasteiger partial charge in [-0.15, -0.1) is 0 Å². The third-order valence-corrected chi connectivity index (χ3v) is 6.10. The molecule has 9 heteroatoms. The van der Waals surface area contributed by atoms with Crippen LogP contribution in [0.25, 0.3) is 22.3 Å². The van der Waals surface area contributed by atoms with Crippen molar-refractivity contribution in [1.29, 1.82) is 0 Å². The van der Waals surface area contributed by atoms with E-state index < -0.39 is 10.1 Å². The van der Waals surface area contributed by atoms with Gasteiger partial charge in [0.1, 0.15) is 23.9 Å². The number of rotatable bonds is 9. The Morgan fingerprint density at radius 3 is 2.11 bits per heavy atom. The Kier molecular flexibility index (Phi) is 7.45. The minimum Gasteiger partial charge on any atom is -0.504 e. The van der Waals surface area contributed by atoms with Gasteiger partial charge in [-0.25, -0.2) is 0 Å². The normalized spacial score (nSPS) is 11.1. The summed E-state index contributed by atoms with van der Waals surface area (Å²) in [5.41, 5.74) is 10.4. The van der Waals surface area contributed by atoms with Gasteiger partial charge in [0.2, 0.25) is 0 Å². The number of benzene rings is 4. The zero-order chi connectivity index (χ0) is 26.6. The maximum atomic E-state index is 11.4. The van der Waals surface area contributed by atoms with E-state index in [0.29, 0.717) is 51.8 Å². The third-order valence-electron chi connectivity index (χ3n) is 5.60. The number of methoxy groups -OCH3 is 2. The molecule has 4 aromatic rings. The second kappa shape index (κ2) is 10.7. The van der Waals surface area contributed by atoms with Crippen LogP contribution in [0.15, 0.2) is 78.9 Å². The lowest BCUT2D eigenvalue weighted by atomic mass is 9.95. The molecule has 0 unspecified atom stereocenters. The number of nitrogens with two attached hydrogens (primary N) is 1. The van der Waals surface area contributed by atoms with Crippen molar-refractivity contribution in [3.63, 3.8) is 0 Å². The third kappa shape index (κ3) is 5.90. The van der Waals surface area contributed by atoms with Gasteiger partial charge in [0.05, 0.1) is 31.7 Å². The van der Waals surface area contributed by atoms with Crippen molar-refractivity contribution in [2.75, 3.05) is 26.2 Å². The van der Waals surface area contributed by atoms with Crippen molar-refractivity contribution in [2.24, 2.45) is 0 Å². The van der Waals surface area contributed by atoms with Crippen LogP contribution in [0.2, 0.25) is 0 Å². The number of phenols is 1. The SMILES string of the molecule is COc1cc(-c2ccc(OS(C)(=O)=O)cc2)c(OC)c(N)c1-c1ccc(OCc2ccccc2)c(O)c1. The van der Waals surface area contributed by atoms with Crippen LogP contribution < -0.4 is 24.1 Å². The van der Waals surface area contributed by atoms with E-state index in [2.05, 4.69) is 0 Å². The lowest BCUT2D eigenvalue weighted by molar-refractivity contribution is 0.289. The van der Waals surface area contributed by atoms with Crippen LogP contribution in [-0.2, 0) is 16.7 Å². The maximum absolute atomic E-state index is 11.4. The van der Waals surface area contributed by atoms with Gasteiger partial charge in [0.15, 0.2) is 11.5 Å². The zero-order valence-corrected chi connectivity index (χ0v) is 21.4. The molecule has 0 spiro atoms. The van der Waals surface area contributed by atoms with Gasteiger partial charge in [-0.1, -0.05) is 48.5 Å². The van der Waals surface area contributed by atoms with Gasteiger partial charge in [0.25, 0.3) is 0 Å². The second-order valence-corrected chi connectivity index (χ2v) is 9.79. The number of hydrogen-bond acceptors (Lipinski definition) is 8. The van der Waals surface area contributed by atoms with Gasteiger partial charge in [0, 0.05) is 5.56 Å². The molecule has 0 heterocycles. The summed E-state index contributed by atoms with van der Waals surface area (Å²) < 4.78 is 44.8. The fraction of sp³-hybridized carbons (Fsp3) is 0.143. The fourth-order valence-corrected chi connectivity index (χ4v) is 4.41. The van der Waals surface area contributed by atoms with E-state index in [4.69, 9.17) is 24.1 Å². The highest BCUT2D eigenvalue weighted by Crippen LogP contribution is 2.48. The van der Waals surface area contributed by atoms with Crippen molar-refractivity contribution < 1.29 is 31.9 Å². The van der Waals surface area contributed by atoms with Crippen molar-refractivity contribution in [2.45, 2.75) is 6.61 Å². The van der Waals surface area contributed by atoms with E-state index in [1.54, 1.807) is 48.5 Å². The molecule has 0 atom stereocenters. The molecular formula is C28H27NO7S. The van der Waals surface area contributed by atoms with Crippen LogP contribution in [0.4, 0.5) is 5.69 Å². The van der Waals surface area contributed by atoms with Crippen molar-refractivity contribution >= 4 is 15.8 Å². The number of phenolic OH excluding ortho intramolecular Hbond substituents is 1. The topological polar surface area (TPSA) is 117 Å². The Bertz CT molecular complexity index is 1500. The average Bonchev–Trinajstić information content (AvgIpc) is 2.87. The van der Waals surface area contributed by atoms with Crippen LogP contribution in [0, 0.1) is 0 Å². The van der Waals surface area contributed by atoms with Crippen LogP contribution in [0.3, 0.4) is 0 Å². The Morgan fingerprint density at radius 2 is 1.51 bits per heavy atom. The minimum absolute atomic E-state index is 0.0422. The Morgan fingerprint density at radius 1 is 0.838 bits per heavy atom. The summed E-state index contributed by atoms with van der Waals surface area (Å²) in [5, 5.41) is 10.7. The molecule has 0 saturated heterocycles. The average molecular weight is 522 g/mol. The Balaban J connectivity index is 1.69. The molecule has 192 valence electrons. The monoisotopic (exact) mass is 521 g/mol. The molecule has 0 aliphatic rings. The van der Waals surface area contributed by atoms with Gasteiger partial charge in [-0.05, 0) is 47.0 Å². The highest BCUT2D eigenvalue weighted by molar-refractivity contribution is 7.86. The molecule has 0 amide bonds. The largest absolute Gasteiger partial charge is 0.504 e. The lowest BCUT2D eigenvalue weighted by Gasteiger charge is -2.19. The van der Waals surface area contributed by atoms with E-state index in [9.17, 15) is 13.5 Å². The van der Waals surface area contributed by atoms with Gasteiger partial charge >= 0.3 is 10.1 Å². The lowest BCUT2D eigenvalue weighted by Crippen LogP contribution is -2.05. The molecule has 37 heavy (non-hydrogen) atoms. The molecule has 3 N–H and O–H groups in total.